The van der Waals surface area contributed by atoms with Crippen molar-refractivity contribution in [3.63, 3.8) is 0 Å². The molecule has 208 valence electrons. The Labute approximate surface area is 233 Å². The molecule has 0 aliphatic carbocycles. The zero-order valence-corrected chi connectivity index (χ0v) is 22.6. The molecule has 1 aliphatic rings. The van der Waals surface area contributed by atoms with Gasteiger partial charge in [0.1, 0.15) is 17.9 Å². The van der Waals surface area contributed by atoms with Crippen molar-refractivity contribution >= 4 is 39.5 Å². The van der Waals surface area contributed by atoms with Crippen LogP contribution in [-0.2, 0) is 27.3 Å². The van der Waals surface area contributed by atoms with E-state index in [0.29, 0.717) is 38.2 Å². The van der Waals surface area contributed by atoms with Crippen LogP contribution in [0, 0.1) is 0 Å². The Morgan fingerprint density at radius 2 is 1.82 bits per heavy atom. The molecule has 3 aromatic carbocycles. The summed E-state index contributed by atoms with van der Waals surface area (Å²) in [5.41, 5.74) is 8.34. The van der Waals surface area contributed by atoms with Crippen LogP contribution in [0.25, 0.3) is 21.8 Å². The number of unbranched alkanes of at least 4 members (excludes halogenated alkanes) is 1. The fourth-order valence-electron chi connectivity index (χ4n) is 5.46. The van der Waals surface area contributed by atoms with Crippen molar-refractivity contribution in [2.24, 2.45) is 5.73 Å². The summed E-state index contributed by atoms with van der Waals surface area (Å²) in [7, 11) is 0. The van der Waals surface area contributed by atoms with Gasteiger partial charge in [-0.1, -0.05) is 54.6 Å². The number of carbonyl (C=O) groups excluding carboxylic acids is 3. The molecule has 9 heteroatoms. The Morgan fingerprint density at radius 1 is 1.02 bits per heavy atom. The highest BCUT2D eigenvalue weighted by Crippen LogP contribution is 2.23. The molecule has 0 bridgehead atoms. The molecule has 1 fully saturated rings. The highest BCUT2D eigenvalue weighted by Gasteiger charge is 2.35. The number of para-hydroxylation sites is 2. The molecule has 1 saturated heterocycles. The van der Waals surface area contributed by atoms with Crippen molar-refractivity contribution in [1.82, 2.24) is 25.5 Å². The topological polar surface area (TPSA) is 133 Å². The first-order valence-electron chi connectivity index (χ1n) is 14.0. The van der Waals surface area contributed by atoms with Crippen LogP contribution in [0.2, 0.25) is 0 Å². The van der Waals surface area contributed by atoms with Gasteiger partial charge in [-0.15, -0.1) is 0 Å². The summed E-state index contributed by atoms with van der Waals surface area (Å²) < 4.78 is 0. The van der Waals surface area contributed by atoms with E-state index >= 15 is 0 Å². The third-order valence-corrected chi connectivity index (χ3v) is 7.55. The smallest absolute Gasteiger partial charge is 0.243 e. The lowest BCUT2D eigenvalue weighted by Crippen LogP contribution is -2.53. The first kappa shape index (κ1) is 27.3. The molecule has 1 aromatic heterocycles. The maximum absolute atomic E-state index is 13.4. The van der Waals surface area contributed by atoms with Crippen LogP contribution in [0.3, 0.4) is 0 Å². The monoisotopic (exact) mass is 540 g/mol. The molecule has 2 heterocycles. The molecule has 1 aliphatic heterocycles. The standard InChI is InChI=1S/C31H36N6O3/c32-17-6-5-15-26(30(39)33-20-28-34-24-13-3-4-14-25(24)35-28)36-31(40)27-16-8-18-37(27)29(38)19-22-11-7-10-21-9-1-2-12-23(21)22/h1-4,7,9-14,26-27H,5-6,8,15-20,32H2,(H,33,39)(H,34,35)(H,36,40). The number of benzene rings is 3. The first-order chi connectivity index (χ1) is 19.5. The average Bonchev–Trinajstić information content (AvgIpc) is 3.63. The van der Waals surface area contributed by atoms with E-state index < -0.39 is 12.1 Å². The van der Waals surface area contributed by atoms with Gasteiger partial charge in [0.25, 0.3) is 0 Å². The summed E-state index contributed by atoms with van der Waals surface area (Å²) in [4.78, 5) is 49.4. The van der Waals surface area contributed by atoms with E-state index in [0.717, 1.165) is 40.2 Å². The molecule has 0 saturated carbocycles. The largest absolute Gasteiger partial charge is 0.347 e. The molecule has 2 atom stereocenters. The van der Waals surface area contributed by atoms with Crippen LogP contribution in [-0.4, -0.2) is 57.8 Å². The predicted octanol–water partition coefficient (Wildman–Crippen LogP) is 3.18. The summed E-state index contributed by atoms with van der Waals surface area (Å²) in [6.07, 6.45) is 3.46. The van der Waals surface area contributed by atoms with Crippen LogP contribution < -0.4 is 16.4 Å². The van der Waals surface area contributed by atoms with Gasteiger partial charge in [-0.25, -0.2) is 4.98 Å². The van der Waals surface area contributed by atoms with E-state index in [1.807, 2.05) is 66.7 Å². The van der Waals surface area contributed by atoms with E-state index in [1.165, 1.54) is 0 Å². The lowest BCUT2D eigenvalue weighted by molar-refractivity contribution is -0.139. The molecule has 4 aromatic rings. The highest BCUT2D eigenvalue weighted by molar-refractivity contribution is 5.94. The molecule has 0 spiro atoms. The second-order valence-electron chi connectivity index (χ2n) is 10.3. The summed E-state index contributed by atoms with van der Waals surface area (Å²) in [6.45, 7) is 1.26. The Kier molecular flexibility index (Phi) is 8.71. The number of likely N-dealkylation sites (tertiary alicyclic amines) is 1. The fourth-order valence-corrected chi connectivity index (χ4v) is 5.46. The summed E-state index contributed by atoms with van der Waals surface area (Å²) in [5, 5.41) is 7.97. The maximum atomic E-state index is 13.4. The van der Waals surface area contributed by atoms with Crippen molar-refractivity contribution in [2.75, 3.05) is 13.1 Å². The number of nitrogens with one attached hydrogen (secondary N) is 3. The minimum absolute atomic E-state index is 0.0805. The van der Waals surface area contributed by atoms with Gasteiger partial charge in [-0.05, 0) is 67.1 Å². The first-order valence-corrected chi connectivity index (χ1v) is 14.0. The lowest BCUT2D eigenvalue weighted by atomic mass is 10.0. The van der Waals surface area contributed by atoms with Gasteiger partial charge in [-0.3, -0.25) is 14.4 Å². The third kappa shape index (κ3) is 6.31. The van der Waals surface area contributed by atoms with Crippen LogP contribution in [0.4, 0.5) is 0 Å². The van der Waals surface area contributed by atoms with Crippen LogP contribution in [0.5, 0.6) is 0 Å². The SMILES string of the molecule is NCCCCC(NC(=O)C1CCCN1C(=O)Cc1cccc2ccccc12)C(=O)NCc1nc2ccccc2[nH]1. The number of rotatable bonds is 11. The van der Waals surface area contributed by atoms with E-state index in [-0.39, 0.29) is 30.7 Å². The van der Waals surface area contributed by atoms with Gasteiger partial charge in [0.05, 0.1) is 24.0 Å². The van der Waals surface area contributed by atoms with Gasteiger partial charge in [0.15, 0.2) is 0 Å². The number of fused-ring (bicyclic) bond motifs is 2. The van der Waals surface area contributed by atoms with Crippen molar-refractivity contribution in [1.29, 1.82) is 0 Å². The second-order valence-corrected chi connectivity index (χ2v) is 10.3. The zero-order valence-electron chi connectivity index (χ0n) is 22.6. The second kappa shape index (κ2) is 12.7. The maximum Gasteiger partial charge on any atom is 0.243 e. The van der Waals surface area contributed by atoms with E-state index in [1.54, 1.807) is 4.90 Å². The van der Waals surface area contributed by atoms with Crippen molar-refractivity contribution < 1.29 is 14.4 Å². The summed E-state index contributed by atoms with van der Waals surface area (Å²) in [6, 6.07) is 20.3. The minimum Gasteiger partial charge on any atom is -0.347 e. The molecular formula is C31H36N6O3. The minimum atomic E-state index is -0.723. The quantitative estimate of drug-likeness (QED) is 0.217. The van der Waals surface area contributed by atoms with Gasteiger partial charge in [0, 0.05) is 6.54 Å². The fraction of sp³-hybridized carbons (Fsp3) is 0.355. The molecule has 5 N–H and O–H groups in total. The van der Waals surface area contributed by atoms with Crippen LogP contribution >= 0.6 is 0 Å². The predicted molar refractivity (Wildman–Crippen MR) is 155 cm³/mol. The average molecular weight is 541 g/mol. The number of carbonyl (C=O) groups is 3. The van der Waals surface area contributed by atoms with Gasteiger partial charge in [0.2, 0.25) is 17.7 Å². The number of H-pyrrole nitrogens is 1. The van der Waals surface area contributed by atoms with Crippen molar-refractivity contribution in [2.45, 2.75) is 57.2 Å². The number of imidazole rings is 1. The molecule has 0 radical (unpaired) electrons. The molecule has 2 unspecified atom stereocenters. The molecule has 3 amide bonds. The summed E-state index contributed by atoms with van der Waals surface area (Å²) >= 11 is 0. The number of aromatic amines is 1. The Hall–Kier alpha value is -4.24. The third-order valence-electron chi connectivity index (χ3n) is 7.55. The summed E-state index contributed by atoms with van der Waals surface area (Å²) in [5.74, 6) is -0.0107. The van der Waals surface area contributed by atoms with Crippen LogP contribution in [0.15, 0.2) is 66.7 Å². The van der Waals surface area contributed by atoms with Gasteiger partial charge >= 0.3 is 0 Å². The van der Waals surface area contributed by atoms with Crippen molar-refractivity contribution in [3.8, 4) is 0 Å². The molecule has 40 heavy (non-hydrogen) atoms. The van der Waals surface area contributed by atoms with Gasteiger partial charge < -0.3 is 26.3 Å². The number of aromatic nitrogens is 2. The van der Waals surface area contributed by atoms with E-state index in [4.69, 9.17) is 5.73 Å². The highest BCUT2D eigenvalue weighted by atomic mass is 16.2. The Bertz CT molecular complexity index is 1460. The number of amides is 3. The zero-order chi connectivity index (χ0) is 27.9. The van der Waals surface area contributed by atoms with Gasteiger partial charge in [-0.2, -0.15) is 0 Å². The normalized spacial score (nSPS) is 15.8. The molecular weight excluding hydrogens is 504 g/mol. The number of hydrogen-bond donors (Lipinski definition) is 4. The van der Waals surface area contributed by atoms with Crippen LogP contribution in [0.1, 0.15) is 43.5 Å². The Balaban J connectivity index is 1.23. The number of nitrogens with zero attached hydrogens (tertiary/aromatic N) is 2. The van der Waals surface area contributed by atoms with Crippen molar-refractivity contribution in [3.05, 3.63) is 78.1 Å². The lowest BCUT2D eigenvalue weighted by Gasteiger charge is -2.26. The van der Waals surface area contributed by atoms with E-state index in [2.05, 4.69) is 20.6 Å². The number of nitrogens with two attached hydrogens (primary N) is 1. The number of hydrogen-bond acceptors (Lipinski definition) is 5. The van der Waals surface area contributed by atoms with E-state index in [9.17, 15) is 14.4 Å². The Morgan fingerprint density at radius 3 is 2.67 bits per heavy atom. The molecule has 5 rings (SSSR count). The molecule has 9 nitrogen and oxygen atoms in total.